The number of carbonyl (C=O) groups is 1. The fourth-order valence-electron chi connectivity index (χ4n) is 1.54. The van der Waals surface area contributed by atoms with Gasteiger partial charge < -0.3 is 5.11 Å². The predicted molar refractivity (Wildman–Crippen MR) is 58.2 cm³/mol. The Hall–Kier alpha value is -1.83. The lowest BCUT2D eigenvalue weighted by Gasteiger charge is -2.06. The number of hydrogen-bond acceptors (Lipinski definition) is 3. The summed E-state index contributed by atoms with van der Waals surface area (Å²) in [5, 5.41) is 15.8. The predicted octanol–water partition coefficient (Wildman–Crippen LogP) is 2.78. The number of thiophene rings is 1. The molecule has 2 aromatic heterocycles. The molecule has 0 unspecified atom stereocenters. The van der Waals surface area contributed by atoms with Crippen LogP contribution < -0.4 is 0 Å². The van der Waals surface area contributed by atoms with Crippen molar-refractivity contribution in [2.75, 3.05) is 0 Å². The first-order valence-corrected chi connectivity index (χ1v) is 5.67. The largest absolute Gasteiger partial charge is 0.481 e. The van der Waals surface area contributed by atoms with Crippen LogP contribution in [0.2, 0.25) is 0 Å². The molecule has 2 N–H and O–H groups in total. The van der Waals surface area contributed by atoms with E-state index in [4.69, 9.17) is 5.11 Å². The molecule has 2 heterocycles. The second-order valence-electron chi connectivity index (χ2n) is 3.47. The van der Waals surface area contributed by atoms with Crippen molar-refractivity contribution in [2.45, 2.75) is 12.6 Å². The molecule has 0 saturated heterocycles. The molecule has 0 radical (unpaired) electrons. The molecule has 96 valence electrons. The lowest BCUT2D eigenvalue weighted by molar-refractivity contribution is -0.142. The maximum atomic E-state index is 12.7. The van der Waals surface area contributed by atoms with Crippen molar-refractivity contribution in [1.82, 2.24) is 10.2 Å². The number of rotatable bonds is 3. The van der Waals surface area contributed by atoms with Gasteiger partial charge in [-0.2, -0.15) is 18.3 Å². The zero-order valence-electron chi connectivity index (χ0n) is 8.78. The van der Waals surface area contributed by atoms with Gasteiger partial charge in [0.15, 0.2) is 0 Å². The van der Waals surface area contributed by atoms with E-state index in [9.17, 15) is 18.0 Å². The van der Waals surface area contributed by atoms with Crippen LogP contribution in [0.15, 0.2) is 17.5 Å². The van der Waals surface area contributed by atoms with Crippen LogP contribution in [0.25, 0.3) is 10.6 Å². The van der Waals surface area contributed by atoms with E-state index in [-0.39, 0.29) is 11.3 Å². The average molecular weight is 276 g/mol. The summed E-state index contributed by atoms with van der Waals surface area (Å²) in [6.07, 6.45) is -5.37. The van der Waals surface area contributed by atoms with Crippen LogP contribution in [0, 0.1) is 0 Å². The number of aromatic amines is 1. The van der Waals surface area contributed by atoms with E-state index in [1.807, 2.05) is 5.10 Å². The SMILES string of the molecule is O=C(O)Cc1c(-c2cccs2)n[nH]c1C(F)(F)F. The van der Waals surface area contributed by atoms with Gasteiger partial charge in [-0.25, -0.2) is 0 Å². The first kappa shape index (κ1) is 12.6. The molecule has 0 aromatic carbocycles. The van der Waals surface area contributed by atoms with E-state index in [0.717, 1.165) is 0 Å². The molecule has 0 aliphatic heterocycles. The molecular weight excluding hydrogens is 269 g/mol. The van der Waals surface area contributed by atoms with E-state index in [1.165, 1.54) is 11.3 Å². The summed E-state index contributed by atoms with van der Waals surface area (Å²) in [5.74, 6) is -1.33. The Morgan fingerprint density at radius 2 is 2.22 bits per heavy atom. The first-order chi connectivity index (χ1) is 8.39. The summed E-state index contributed by atoms with van der Waals surface area (Å²) in [4.78, 5) is 11.2. The highest BCUT2D eigenvalue weighted by atomic mass is 32.1. The maximum absolute atomic E-state index is 12.7. The van der Waals surface area contributed by atoms with Gasteiger partial charge in [0.05, 0.1) is 11.3 Å². The van der Waals surface area contributed by atoms with Gasteiger partial charge in [-0.1, -0.05) is 6.07 Å². The Labute approximate surface area is 103 Å². The normalized spacial score (nSPS) is 11.7. The van der Waals surface area contributed by atoms with Gasteiger partial charge in [0.25, 0.3) is 0 Å². The number of aliphatic carboxylic acids is 1. The number of nitrogens with one attached hydrogen (secondary N) is 1. The first-order valence-electron chi connectivity index (χ1n) is 4.79. The van der Waals surface area contributed by atoms with Crippen molar-refractivity contribution < 1.29 is 23.1 Å². The van der Waals surface area contributed by atoms with E-state index < -0.39 is 24.3 Å². The molecule has 4 nitrogen and oxygen atoms in total. The van der Waals surface area contributed by atoms with Crippen LogP contribution in [-0.4, -0.2) is 21.3 Å². The molecule has 8 heteroatoms. The molecule has 0 spiro atoms. The third-order valence-corrected chi connectivity index (χ3v) is 3.11. The molecule has 2 rings (SSSR count). The minimum atomic E-state index is -4.65. The fraction of sp³-hybridized carbons (Fsp3) is 0.200. The summed E-state index contributed by atoms with van der Waals surface area (Å²) >= 11 is 1.20. The van der Waals surface area contributed by atoms with Crippen molar-refractivity contribution in [3.63, 3.8) is 0 Å². The van der Waals surface area contributed by atoms with Gasteiger partial charge in [0, 0.05) is 5.56 Å². The third kappa shape index (κ3) is 2.37. The molecule has 0 saturated carbocycles. The van der Waals surface area contributed by atoms with Crippen LogP contribution in [0.4, 0.5) is 13.2 Å². The Morgan fingerprint density at radius 3 is 2.72 bits per heavy atom. The molecule has 2 aromatic rings. The highest BCUT2D eigenvalue weighted by Crippen LogP contribution is 2.36. The number of carboxylic acid groups (broad SMARTS) is 1. The highest BCUT2D eigenvalue weighted by molar-refractivity contribution is 7.13. The summed E-state index contributed by atoms with van der Waals surface area (Å²) < 4.78 is 38.1. The Morgan fingerprint density at radius 1 is 1.50 bits per heavy atom. The van der Waals surface area contributed by atoms with E-state index in [1.54, 1.807) is 17.5 Å². The van der Waals surface area contributed by atoms with Gasteiger partial charge in [0.2, 0.25) is 0 Å². The van der Waals surface area contributed by atoms with Crippen molar-refractivity contribution in [3.8, 4) is 10.6 Å². The minimum Gasteiger partial charge on any atom is -0.481 e. The van der Waals surface area contributed by atoms with Gasteiger partial charge in [-0.15, -0.1) is 11.3 Å². The number of alkyl halides is 3. The summed E-state index contributed by atoms with van der Waals surface area (Å²) in [5.41, 5.74) is -1.40. The number of carboxylic acids is 1. The molecule has 0 aliphatic carbocycles. The Balaban J connectivity index is 2.54. The average Bonchev–Trinajstić information content (AvgIpc) is 2.81. The smallest absolute Gasteiger partial charge is 0.433 e. The van der Waals surface area contributed by atoms with Crippen LogP contribution in [0.1, 0.15) is 11.3 Å². The number of hydrogen-bond donors (Lipinski definition) is 2. The zero-order valence-corrected chi connectivity index (χ0v) is 9.60. The maximum Gasteiger partial charge on any atom is 0.433 e. The van der Waals surface area contributed by atoms with Gasteiger partial charge in [0.1, 0.15) is 11.4 Å². The van der Waals surface area contributed by atoms with Gasteiger partial charge in [-0.3, -0.25) is 9.89 Å². The van der Waals surface area contributed by atoms with Crippen LogP contribution >= 0.6 is 11.3 Å². The standard InChI is InChI=1S/C10H7F3N2O2S/c11-10(12,13)9-5(4-7(16)17)8(14-15-9)6-2-1-3-18-6/h1-3H,4H2,(H,14,15)(H,16,17). The Kier molecular flexibility index (Phi) is 3.12. The van der Waals surface area contributed by atoms with Gasteiger partial charge in [-0.05, 0) is 11.4 Å². The van der Waals surface area contributed by atoms with Gasteiger partial charge >= 0.3 is 12.1 Å². The van der Waals surface area contributed by atoms with E-state index in [0.29, 0.717) is 4.88 Å². The number of halogens is 3. The number of aromatic nitrogens is 2. The second-order valence-corrected chi connectivity index (χ2v) is 4.42. The van der Waals surface area contributed by atoms with Crippen molar-refractivity contribution in [2.24, 2.45) is 0 Å². The fourth-order valence-corrected chi connectivity index (χ4v) is 2.28. The number of H-pyrrole nitrogens is 1. The van der Waals surface area contributed by atoms with Crippen LogP contribution in [0.3, 0.4) is 0 Å². The molecule has 18 heavy (non-hydrogen) atoms. The summed E-state index contributed by atoms with van der Waals surface area (Å²) in [7, 11) is 0. The van der Waals surface area contributed by atoms with E-state index in [2.05, 4.69) is 5.10 Å². The third-order valence-electron chi connectivity index (χ3n) is 2.23. The van der Waals surface area contributed by atoms with Crippen molar-refractivity contribution in [3.05, 3.63) is 28.8 Å². The Bertz CT molecular complexity index is 560. The zero-order chi connectivity index (χ0) is 13.3. The monoisotopic (exact) mass is 276 g/mol. The lowest BCUT2D eigenvalue weighted by atomic mass is 10.1. The molecule has 0 fully saturated rings. The molecule has 0 aliphatic rings. The van der Waals surface area contributed by atoms with E-state index >= 15 is 0 Å². The quantitative estimate of drug-likeness (QED) is 0.905. The minimum absolute atomic E-state index is 0.0414. The lowest BCUT2D eigenvalue weighted by Crippen LogP contribution is -2.12. The topological polar surface area (TPSA) is 66.0 Å². The van der Waals surface area contributed by atoms with Crippen LogP contribution in [0.5, 0.6) is 0 Å². The second kappa shape index (κ2) is 4.45. The molecule has 0 atom stereocenters. The highest BCUT2D eigenvalue weighted by Gasteiger charge is 2.38. The molecule has 0 bridgehead atoms. The summed E-state index contributed by atoms with van der Waals surface area (Å²) in [6.45, 7) is 0. The van der Waals surface area contributed by atoms with Crippen LogP contribution in [-0.2, 0) is 17.4 Å². The van der Waals surface area contributed by atoms with Crippen molar-refractivity contribution >= 4 is 17.3 Å². The molecular formula is C10H7F3N2O2S. The number of nitrogens with zero attached hydrogens (tertiary/aromatic N) is 1. The molecule has 0 amide bonds. The van der Waals surface area contributed by atoms with Crippen molar-refractivity contribution in [1.29, 1.82) is 0 Å². The summed E-state index contributed by atoms with van der Waals surface area (Å²) in [6, 6.07) is 3.25.